The predicted molar refractivity (Wildman–Crippen MR) is 232 cm³/mol. The van der Waals surface area contributed by atoms with Crippen LogP contribution in [0.5, 0.6) is 0 Å². The Balaban J connectivity index is 0.000000189. The molecule has 0 aromatic heterocycles. The molecule has 0 saturated carbocycles. The number of nitrogens with zero attached hydrogens (tertiary/aromatic N) is 1. The third-order valence-electron chi connectivity index (χ3n) is 8.62. The molecular formula is C48H51N5. The first-order chi connectivity index (χ1) is 25.8. The summed E-state index contributed by atoms with van der Waals surface area (Å²) in [5.41, 5.74) is 29.9. The molecule has 6 aromatic carbocycles. The highest BCUT2D eigenvalue weighted by Gasteiger charge is 2.15. The van der Waals surface area contributed by atoms with Gasteiger partial charge in [-0.1, -0.05) is 169 Å². The quantitative estimate of drug-likeness (QED) is 0.0602. The molecule has 5 heteroatoms. The van der Waals surface area contributed by atoms with Crippen molar-refractivity contribution in [3.05, 3.63) is 204 Å². The number of nitrogens with two attached hydrogens (primary N) is 3. The van der Waals surface area contributed by atoms with Crippen molar-refractivity contribution in [1.82, 2.24) is 5.32 Å². The molecule has 53 heavy (non-hydrogen) atoms. The van der Waals surface area contributed by atoms with Crippen molar-refractivity contribution in [2.45, 2.75) is 33.4 Å². The van der Waals surface area contributed by atoms with Gasteiger partial charge in [-0.25, -0.2) is 0 Å². The number of rotatable bonds is 6. The molecule has 268 valence electrons. The number of fused-ring (bicyclic) bond motifs is 3. The molecule has 7 N–H and O–H groups in total. The van der Waals surface area contributed by atoms with Crippen LogP contribution in [-0.2, 0) is 6.54 Å². The molecule has 0 bridgehead atoms. The summed E-state index contributed by atoms with van der Waals surface area (Å²) in [6.07, 6.45) is 11.5. The molecule has 0 saturated heterocycles. The molecule has 1 heterocycles. The van der Waals surface area contributed by atoms with Gasteiger partial charge < -0.3 is 22.5 Å². The predicted octanol–water partition coefficient (Wildman–Crippen LogP) is 11.2. The van der Waals surface area contributed by atoms with Gasteiger partial charge in [0, 0.05) is 17.5 Å². The van der Waals surface area contributed by atoms with Crippen molar-refractivity contribution in [2.24, 2.45) is 10.7 Å². The Morgan fingerprint density at radius 3 is 1.79 bits per heavy atom. The molecular weight excluding hydrogens is 647 g/mol. The van der Waals surface area contributed by atoms with Crippen LogP contribution in [0.1, 0.15) is 46.3 Å². The summed E-state index contributed by atoms with van der Waals surface area (Å²) < 4.78 is 0. The summed E-state index contributed by atoms with van der Waals surface area (Å²) >= 11 is 0. The summed E-state index contributed by atoms with van der Waals surface area (Å²) in [6.45, 7) is 14.0. The Morgan fingerprint density at radius 2 is 1.26 bits per heavy atom. The Bertz CT molecular complexity index is 2150. The smallest absolute Gasteiger partial charge is 0.0673 e. The summed E-state index contributed by atoms with van der Waals surface area (Å²) in [7, 11) is 0. The fraction of sp³-hybridized carbons (Fsp3) is 0.104. The Kier molecular flexibility index (Phi) is 15.2. The zero-order chi connectivity index (χ0) is 38.0. The van der Waals surface area contributed by atoms with E-state index in [0.29, 0.717) is 11.4 Å². The number of hydrogen-bond donors (Lipinski definition) is 4. The van der Waals surface area contributed by atoms with E-state index in [0.717, 1.165) is 34.3 Å². The summed E-state index contributed by atoms with van der Waals surface area (Å²) in [5.74, 6) is 0. The first kappa shape index (κ1) is 39.4. The summed E-state index contributed by atoms with van der Waals surface area (Å²) in [5, 5.41) is 5.36. The van der Waals surface area contributed by atoms with Crippen LogP contribution in [0.4, 0.5) is 11.4 Å². The second-order valence-electron chi connectivity index (χ2n) is 12.5. The van der Waals surface area contributed by atoms with Crippen molar-refractivity contribution in [3.8, 4) is 11.1 Å². The van der Waals surface area contributed by atoms with Crippen molar-refractivity contribution >= 4 is 40.6 Å². The standard InChI is InChI=1S/C23H22N2.C13H13N3.C7H8.C5H8/c1-17-8-10-18(11-9-17)19-12-14-21(15-13-19)23(25-2)16-22(24)20-6-4-3-5-7-20;14-12-10-4-2-1-3-8(10)9-5-6-16-7-11(9)13(12)15;1-7-5-3-2-4-6-7;1-3-5-4-2/h3-16,22H,2,24H2,1H3;1-6,16H,7,14-15H2;2-6H,1H3;3-5H,1H2,2H3/b23-16-;;;5-4-. The van der Waals surface area contributed by atoms with E-state index >= 15 is 0 Å². The molecule has 0 radical (unpaired) electrons. The van der Waals surface area contributed by atoms with Crippen molar-refractivity contribution in [2.75, 3.05) is 11.5 Å². The topological polar surface area (TPSA) is 102 Å². The lowest BCUT2D eigenvalue weighted by molar-refractivity contribution is 0.864. The van der Waals surface area contributed by atoms with E-state index in [1.54, 1.807) is 6.08 Å². The SMILES string of the molecule is C=C/C=C\C.C=N/C(=C\C(N)c1ccccc1)c1ccc(-c2ccc(C)cc2)cc1.Cc1ccccc1.Nc1c2c(c3ccccc3c1N)C=CNC2. The first-order valence-corrected chi connectivity index (χ1v) is 17.7. The lowest BCUT2D eigenvalue weighted by Crippen LogP contribution is -2.14. The van der Waals surface area contributed by atoms with Gasteiger partial charge in [0.25, 0.3) is 0 Å². The van der Waals surface area contributed by atoms with E-state index in [9.17, 15) is 0 Å². The van der Waals surface area contributed by atoms with Crippen LogP contribution in [0.25, 0.3) is 33.7 Å². The zero-order valence-electron chi connectivity index (χ0n) is 31.0. The fourth-order valence-electron chi connectivity index (χ4n) is 5.68. The maximum absolute atomic E-state index is 6.28. The van der Waals surface area contributed by atoms with E-state index < -0.39 is 0 Å². The van der Waals surface area contributed by atoms with Gasteiger partial charge in [0.05, 0.1) is 23.1 Å². The molecule has 1 aliphatic rings. The zero-order valence-corrected chi connectivity index (χ0v) is 31.0. The fourth-order valence-corrected chi connectivity index (χ4v) is 5.68. The van der Waals surface area contributed by atoms with Crippen molar-refractivity contribution < 1.29 is 0 Å². The Morgan fingerprint density at radius 1 is 0.717 bits per heavy atom. The maximum Gasteiger partial charge on any atom is 0.0673 e. The first-order valence-electron chi connectivity index (χ1n) is 17.7. The number of aliphatic imine (C=N–C) groups is 1. The van der Waals surface area contributed by atoms with Gasteiger partial charge >= 0.3 is 0 Å². The summed E-state index contributed by atoms with van der Waals surface area (Å²) in [6, 6.07) is 45.0. The Labute approximate surface area is 315 Å². The van der Waals surface area contributed by atoms with Gasteiger partial charge in [0.2, 0.25) is 0 Å². The monoisotopic (exact) mass is 697 g/mol. The maximum atomic E-state index is 6.28. The minimum Gasteiger partial charge on any atom is -0.397 e. The van der Waals surface area contributed by atoms with E-state index in [1.165, 1.54) is 33.2 Å². The molecule has 0 spiro atoms. The van der Waals surface area contributed by atoms with Gasteiger partial charge in [-0.3, -0.25) is 4.99 Å². The minimum absolute atomic E-state index is 0.210. The second kappa shape index (κ2) is 20.4. The molecule has 7 rings (SSSR count). The van der Waals surface area contributed by atoms with Gasteiger partial charge in [0.1, 0.15) is 0 Å². The number of aryl methyl sites for hydroxylation is 2. The normalized spacial score (nSPS) is 12.0. The minimum atomic E-state index is -0.210. The summed E-state index contributed by atoms with van der Waals surface area (Å²) in [4.78, 5) is 4.17. The van der Waals surface area contributed by atoms with Crippen LogP contribution < -0.4 is 22.5 Å². The van der Waals surface area contributed by atoms with Crippen molar-refractivity contribution in [1.29, 1.82) is 0 Å². The molecule has 6 aromatic rings. The molecule has 1 atom stereocenters. The van der Waals surface area contributed by atoms with Gasteiger partial charge in [0.15, 0.2) is 0 Å². The average Bonchev–Trinajstić information content (AvgIpc) is 3.21. The number of anilines is 2. The highest BCUT2D eigenvalue weighted by molar-refractivity contribution is 6.05. The molecule has 0 aliphatic carbocycles. The van der Waals surface area contributed by atoms with Crippen LogP contribution in [-0.4, -0.2) is 6.72 Å². The van der Waals surface area contributed by atoms with Crippen LogP contribution in [0.3, 0.4) is 0 Å². The van der Waals surface area contributed by atoms with Crippen LogP contribution >= 0.6 is 0 Å². The number of benzene rings is 6. The lowest BCUT2D eigenvalue weighted by atomic mass is 9.94. The third-order valence-corrected chi connectivity index (χ3v) is 8.62. The highest BCUT2D eigenvalue weighted by atomic mass is 14.8. The van der Waals surface area contributed by atoms with E-state index in [4.69, 9.17) is 17.2 Å². The van der Waals surface area contributed by atoms with Crippen LogP contribution in [0.2, 0.25) is 0 Å². The molecule has 0 fully saturated rings. The highest BCUT2D eigenvalue weighted by Crippen LogP contribution is 2.36. The van der Waals surface area contributed by atoms with Gasteiger partial charge in [-0.15, -0.1) is 0 Å². The van der Waals surface area contributed by atoms with Gasteiger partial charge in [-0.05, 0) is 79.0 Å². The van der Waals surface area contributed by atoms with Crippen molar-refractivity contribution in [3.63, 3.8) is 0 Å². The number of allylic oxidation sites excluding steroid dienone is 3. The Hall–Kier alpha value is -6.43. The average molecular weight is 698 g/mol. The molecule has 5 nitrogen and oxygen atoms in total. The van der Waals surface area contributed by atoms with Crippen LogP contribution in [0.15, 0.2) is 176 Å². The largest absolute Gasteiger partial charge is 0.397 e. The number of nitrogen functional groups attached to an aromatic ring is 2. The van der Waals surface area contributed by atoms with E-state index in [2.05, 4.69) is 110 Å². The van der Waals surface area contributed by atoms with E-state index in [-0.39, 0.29) is 6.04 Å². The molecule has 0 amide bonds. The second-order valence-corrected chi connectivity index (χ2v) is 12.5. The van der Waals surface area contributed by atoms with E-state index in [1.807, 2.05) is 98.1 Å². The number of hydrogen-bond acceptors (Lipinski definition) is 5. The lowest BCUT2D eigenvalue weighted by Gasteiger charge is -2.19. The third kappa shape index (κ3) is 11.3. The number of nitrogens with one attached hydrogen (secondary N) is 1. The molecule has 1 aliphatic heterocycles. The van der Waals surface area contributed by atoms with Crippen LogP contribution in [0, 0.1) is 13.8 Å². The van der Waals surface area contributed by atoms with Gasteiger partial charge in [-0.2, -0.15) is 0 Å². The molecule has 1 unspecified atom stereocenters.